The Kier molecular flexibility index (Phi) is 4.28. The van der Waals surface area contributed by atoms with E-state index in [1.165, 1.54) is 0 Å². The average molecular weight is 391 g/mol. The summed E-state index contributed by atoms with van der Waals surface area (Å²) in [6, 6.07) is 8.03. The number of aromatic amines is 1. The predicted octanol–water partition coefficient (Wildman–Crippen LogP) is 3.73. The Labute approximate surface area is 169 Å². The molecule has 0 spiro atoms. The second kappa shape index (κ2) is 6.84. The zero-order chi connectivity index (χ0) is 20.0. The van der Waals surface area contributed by atoms with Crippen molar-refractivity contribution in [1.29, 1.82) is 0 Å². The molecule has 7 heteroatoms. The molecule has 2 unspecified atom stereocenters. The number of morpholine rings is 1. The predicted molar refractivity (Wildman–Crippen MR) is 112 cm³/mol. The van der Waals surface area contributed by atoms with Gasteiger partial charge in [-0.25, -0.2) is 9.97 Å². The highest BCUT2D eigenvalue weighted by atomic mass is 16.5. The van der Waals surface area contributed by atoms with Crippen LogP contribution in [0.2, 0.25) is 0 Å². The van der Waals surface area contributed by atoms with Gasteiger partial charge in [0.25, 0.3) is 0 Å². The van der Waals surface area contributed by atoms with Crippen LogP contribution in [0.4, 0.5) is 5.82 Å². The first-order valence-corrected chi connectivity index (χ1v) is 10.1. The molecule has 0 bridgehead atoms. The molecule has 0 amide bonds. The highest BCUT2D eigenvalue weighted by Crippen LogP contribution is 2.40. The van der Waals surface area contributed by atoms with E-state index in [-0.39, 0.29) is 17.8 Å². The summed E-state index contributed by atoms with van der Waals surface area (Å²) in [6.07, 6.45) is 5.74. The van der Waals surface area contributed by atoms with E-state index >= 15 is 0 Å². The lowest BCUT2D eigenvalue weighted by molar-refractivity contribution is 0.0102. The van der Waals surface area contributed by atoms with Crippen LogP contribution in [0, 0.1) is 0 Å². The van der Waals surface area contributed by atoms with E-state index in [4.69, 9.17) is 9.47 Å². The molecule has 29 heavy (non-hydrogen) atoms. The third-order valence-electron chi connectivity index (χ3n) is 5.62. The Hall–Kier alpha value is -2.93. The van der Waals surface area contributed by atoms with Crippen LogP contribution in [0.15, 0.2) is 43.2 Å². The maximum absolute atomic E-state index is 6.13. The van der Waals surface area contributed by atoms with Crippen molar-refractivity contribution >= 4 is 16.7 Å². The normalized spacial score (nSPS) is 23.2. The van der Waals surface area contributed by atoms with Gasteiger partial charge in [-0.3, -0.25) is 5.10 Å². The third kappa shape index (κ3) is 3.58. The van der Waals surface area contributed by atoms with Crippen molar-refractivity contribution in [3.8, 4) is 17.1 Å². The molecular formula is C22H25N5O2. The van der Waals surface area contributed by atoms with Crippen LogP contribution >= 0.6 is 0 Å². The van der Waals surface area contributed by atoms with Gasteiger partial charge < -0.3 is 14.4 Å². The summed E-state index contributed by atoms with van der Waals surface area (Å²) in [5.74, 6) is 1.73. The Balaban J connectivity index is 1.48. The summed E-state index contributed by atoms with van der Waals surface area (Å²) in [7, 11) is 0. The number of rotatable bonds is 5. The first kappa shape index (κ1) is 18.1. The Morgan fingerprint density at radius 1 is 1.28 bits per heavy atom. The molecule has 2 aliphatic rings. The van der Waals surface area contributed by atoms with Gasteiger partial charge in [0.05, 0.1) is 23.4 Å². The van der Waals surface area contributed by atoms with Gasteiger partial charge in [0.2, 0.25) is 0 Å². The zero-order valence-corrected chi connectivity index (χ0v) is 16.8. The second-order valence-corrected chi connectivity index (χ2v) is 8.22. The van der Waals surface area contributed by atoms with Crippen LogP contribution in [0.1, 0.15) is 26.7 Å². The number of nitrogens with zero attached hydrogens (tertiary/aromatic N) is 4. The van der Waals surface area contributed by atoms with Crippen molar-refractivity contribution in [1.82, 2.24) is 20.2 Å². The van der Waals surface area contributed by atoms with Crippen LogP contribution in [0.3, 0.4) is 0 Å². The molecule has 3 aromatic rings. The highest BCUT2D eigenvalue weighted by molar-refractivity contribution is 5.93. The molecule has 0 radical (unpaired) electrons. The fourth-order valence-electron chi connectivity index (χ4n) is 3.77. The van der Waals surface area contributed by atoms with Crippen LogP contribution in [0.5, 0.6) is 5.75 Å². The van der Waals surface area contributed by atoms with E-state index in [0.29, 0.717) is 0 Å². The largest absolute Gasteiger partial charge is 0.488 e. The number of hydrogen-bond acceptors (Lipinski definition) is 6. The quantitative estimate of drug-likeness (QED) is 0.668. The molecule has 1 aliphatic heterocycles. The summed E-state index contributed by atoms with van der Waals surface area (Å²) in [4.78, 5) is 11.2. The van der Waals surface area contributed by atoms with Crippen molar-refractivity contribution in [3.05, 3.63) is 43.2 Å². The van der Waals surface area contributed by atoms with Crippen LogP contribution in [-0.4, -0.2) is 51.1 Å². The van der Waals surface area contributed by atoms with Crippen molar-refractivity contribution in [3.63, 3.8) is 0 Å². The van der Waals surface area contributed by atoms with Gasteiger partial charge in [-0.2, -0.15) is 5.10 Å². The molecule has 5 rings (SSSR count). The minimum Gasteiger partial charge on any atom is -0.488 e. The summed E-state index contributed by atoms with van der Waals surface area (Å²) in [6.45, 7) is 9.57. The molecule has 150 valence electrons. The smallest absolute Gasteiger partial charge is 0.132 e. The molecular weight excluding hydrogens is 366 g/mol. The van der Waals surface area contributed by atoms with Gasteiger partial charge in [-0.1, -0.05) is 6.08 Å². The first-order chi connectivity index (χ1) is 14.0. The second-order valence-electron chi connectivity index (χ2n) is 8.22. The molecule has 7 nitrogen and oxygen atoms in total. The molecule has 3 heterocycles. The average Bonchev–Trinajstić information content (AvgIpc) is 3.30. The topological polar surface area (TPSA) is 76.2 Å². The summed E-state index contributed by atoms with van der Waals surface area (Å²) >= 11 is 0. The molecule has 1 aromatic carbocycles. The number of ether oxygens (including phenoxy) is 2. The Morgan fingerprint density at radius 3 is 2.93 bits per heavy atom. The number of aromatic nitrogens is 4. The van der Waals surface area contributed by atoms with Crippen LogP contribution in [-0.2, 0) is 4.74 Å². The van der Waals surface area contributed by atoms with Crippen molar-refractivity contribution in [2.45, 2.75) is 44.5 Å². The molecule has 1 aliphatic carbocycles. The Morgan fingerprint density at radius 2 is 2.14 bits per heavy atom. The first-order valence-electron chi connectivity index (χ1n) is 10.1. The SMILES string of the molecule is C=CC1CN(c2cc(-c3n[nH]c4ccc(OC5(C)CC5)cc34)ncn2)CC(C)O1. The van der Waals surface area contributed by atoms with Gasteiger partial charge in [0, 0.05) is 24.5 Å². The fraction of sp³-hybridized carbons (Fsp3) is 0.409. The summed E-state index contributed by atoms with van der Waals surface area (Å²) in [5, 5.41) is 8.62. The van der Waals surface area contributed by atoms with Gasteiger partial charge in [-0.15, -0.1) is 6.58 Å². The van der Waals surface area contributed by atoms with E-state index < -0.39 is 0 Å². The maximum atomic E-state index is 6.13. The molecule has 2 atom stereocenters. The third-order valence-corrected chi connectivity index (χ3v) is 5.62. The van der Waals surface area contributed by atoms with Crippen molar-refractivity contribution in [2.75, 3.05) is 18.0 Å². The molecule has 2 fully saturated rings. The number of benzene rings is 1. The number of hydrogen-bond donors (Lipinski definition) is 1. The van der Waals surface area contributed by atoms with E-state index in [1.807, 2.05) is 30.3 Å². The van der Waals surface area contributed by atoms with Gasteiger partial charge in [-0.05, 0) is 44.9 Å². The summed E-state index contributed by atoms with van der Waals surface area (Å²) in [5.41, 5.74) is 2.52. The number of fused-ring (bicyclic) bond motifs is 1. The standard InChI is InChI=1S/C22H25N5O2/c1-4-15-12-27(11-14(2)28-15)20-10-19(23-13-24-20)21-17-9-16(29-22(3)7-8-22)5-6-18(17)25-26-21/h4-6,9-10,13-15H,1,7-8,11-12H2,2-3H3,(H,25,26). The van der Waals surface area contributed by atoms with Crippen LogP contribution in [0.25, 0.3) is 22.3 Å². The summed E-state index contributed by atoms with van der Waals surface area (Å²) < 4.78 is 12.0. The number of anilines is 1. The van der Waals surface area contributed by atoms with Crippen LogP contribution < -0.4 is 9.64 Å². The van der Waals surface area contributed by atoms with E-state index in [0.717, 1.165) is 59.8 Å². The highest BCUT2D eigenvalue weighted by Gasteiger charge is 2.40. The number of nitrogens with one attached hydrogen (secondary N) is 1. The lowest BCUT2D eigenvalue weighted by Crippen LogP contribution is -2.46. The monoisotopic (exact) mass is 391 g/mol. The minimum atomic E-state index is -0.0195. The van der Waals surface area contributed by atoms with Gasteiger partial charge in [0.1, 0.15) is 29.2 Å². The lowest BCUT2D eigenvalue weighted by Gasteiger charge is -2.36. The minimum absolute atomic E-state index is 0.00752. The van der Waals surface area contributed by atoms with Gasteiger partial charge in [0.15, 0.2) is 0 Å². The molecule has 1 saturated carbocycles. The Bertz CT molecular complexity index is 1060. The van der Waals surface area contributed by atoms with Crippen molar-refractivity contribution in [2.24, 2.45) is 0 Å². The maximum Gasteiger partial charge on any atom is 0.132 e. The molecule has 2 aromatic heterocycles. The zero-order valence-electron chi connectivity index (χ0n) is 16.8. The fourth-order valence-corrected chi connectivity index (χ4v) is 3.77. The molecule has 1 saturated heterocycles. The number of H-pyrrole nitrogens is 1. The van der Waals surface area contributed by atoms with Gasteiger partial charge >= 0.3 is 0 Å². The van der Waals surface area contributed by atoms with E-state index in [9.17, 15) is 0 Å². The lowest BCUT2D eigenvalue weighted by atomic mass is 10.1. The van der Waals surface area contributed by atoms with E-state index in [2.05, 4.69) is 45.5 Å². The van der Waals surface area contributed by atoms with E-state index in [1.54, 1.807) is 6.33 Å². The van der Waals surface area contributed by atoms with Crippen molar-refractivity contribution < 1.29 is 9.47 Å². The molecule has 1 N–H and O–H groups in total.